The van der Waals surface area contributed by atoms with Crippen LogP contribution < -0.4 is 4.74 Å². The Labute approximate surface area is 153 Å². The van der Waals surface area contributed by atoms with Crippen LogP contribution in [0.25, 0.3) is 0 Å². The maximum Gasteiger partial charge on any atom is 0.263 e. The molecular formula is C18H24ClN3O3. The summed E-state index contributed by atoms with van der Waals surface area (Å²) in [7, 11) is 1.86. The van der Waals surface area contributed by atoms with Gasteiger partial charge in [-0.1, -0.05) is 11.6 Å². The zero-order chi connectivity index (χ0) is 18.6. The number of aromatic nitrogens is 2. The monoisotopic (exact) mass is 365 g/mol. The second kappa shape index (κ2) is 8.36. The molecule has 0 saturated heterocycles. The van der Waals surface area contributed by atoms with Gasteiger partial charge in [-0.15, -0.1) is 0 Å². The number of carbonyl (C=O) groups excluding carboxylic acids is 1. The lowest BCUT2D eigenvalue weighted by Crippen LogP contribution is -2.41. The Morgan fingerprint density at radius 2 is 2.04 bits per heavy atom. The Morgan fingerprint density at radius 3 is 2.56 bits per heavy atom. The number of nitrogens with zero attached hydrogens (tertiary/aromatic N) is 3. The third-order valence-electron chi connectivity index (χ3n) is 4.02. The smallest absolute Gasteiger partial charge is 0.263 e. The molecule has 2 rings (SSSR count). The van der Waals surface area contributed by atoms with Gasteiger partial charge in [0.15, 0.2) is 6.10 Å². The van der Waals surface area contributed by atoms with Gasteiger partial charge in [-0.2, -0.15) is 0 Å². The van der Waals surface area contributed by atoms with Crippen molar-refractivity contribution < 1.29 is 14.6 Å². The van der Waals surface area contributed by atoms with E-state index in [0.29, 0.717) is 17.3 Å². The molecule has 0 bridgehead atoms. The predicted octanol–water partition coefficient (Wildman–Crippen LogP) is 2.48. The highest BCUT2D eigenvalue weighted by Gasteiger charge is 2.23. The number of ether oxygens (including phenoxy) is 1. The molecule has 0 radical (unpaired) electrons. The van der Waals surface area contributed by atoms with Crippen LogP contribution in [0.15, 0.2) is 24.7 Å². The molecule has 0 saturated carbocycles. The van der Waals surface area contributed by atoms with Crippen LogP contribution in [0.5, 0.6) is 5.75 Å². The van der Waals surface area contributed by atoms with Crippen LogP contribution in [-0.2, 0) is 18.4 Å². The standard InChI is InChI=1S/C18H24ClN3O3/c1-12-7-16(8-13(2)17(12)19)25-14(3)18(24)22(5-6-23)10-15-9-20-11-21(15)4/h7-9,11,14,23H,5-6,10H2,1-4H3. The summed E-state index contributed by atoms with van der Waals surface area (Å²) in [5.74, 6) is 0.408. The van der Waals surface area contributed by atoms with Gasteiger partial charge in [-0.3, -0.25) is 4.79 Å². The number of carbonyl (C=O) groups is 1. The first kappa shape index (κ1) is 19.3. The minimum Gasteiger partial charge on any atom is -0.481 e. The maximum absolute atomic E-state index is 12.7. The van der Waals surface area contributed by atoms with E-state index in [-0.39, 0.29) is 19.1 Å². The summed E-state index contributed by atoms with van der Waals surface area (Å²) in [5.41, 5.74) is 2.68. The summed E-state index contributed by atoms with van der Waals surface area (Å²) in [5, 5.41) is 9.99. The molecule has 1 unspecified atom stereocenters. The molecule has 2 aromatic rings. The third kappa shape index (κ3) is 4.74. The number of imidazole rings is 1. The molecule has 1 heterocycles. The van der Waals surface area contributed by atoms with Gasteiger partial charge >= 0.3 is 0 Å². The molecule has 0 spiro atoms. The van der Waals surface area contributed by atoms with Crippen molar-refractivity contribution in [2.75, 3.05) is 13.2 Å². The number of halogens is 1. The molecule has 0 fully saturated rings. The Balaban J connectivity index is 2.11. The lowest BCUT2D eigenvalue weighted by atomic mass is 10.1. The van der Waals surface area contributed by atoms with E-state index in [0.717, 1.165) is 16.8 Å². The summed E-state index contributed by atoms with van der Waals surface area (Å²) < 4.78 is 7.66. The number of aliphatic hydroxyl groups is 1. The Morgan fingerprint density at radius 1 is 1.40 bits per heavy atom. The van der Waals surface area contributed by atoms with Crippen molar-refractivity contribution in [3.63, 3.8) is 0 Å². The van der Waals surface area contributed by atoms with Gasteiger partial charge in [0.1, 0.15) is 5.75 Å². The van der Waals surface area contributed by atoms with E-state index in [1.807, 2.05) is 37.6 Å². The van der Waals surface area contributed by atoms with E-state index in [4.69, 9.17) is 16.3 Å². The van der Waals surface area contributed by atoms with E-state index in [1.165, 1.54) is 0 Å². The van der Waals surface area contributed by atoms with E-state index in [2.05, 4.69) is 4.98 Å². The predicted molar refractivity (Wildman–Crippen MR) is 96.7 cm³/mol. The summed E-state index contributed by atoms with van der Waals surface area (Å²) in [6.07, 6.45) is 2.70. The minimum atomic E-state index is -0.681. The highest BCUT2D eigenvalue weighted by atomic mass is 35.5. The second-order valence-corrected chi connectivity index (χ2v) is 6.49. The molecule has 6 nitrogen and oxygen atoms in total. The van der Waals surface area contributed by atoms with Gasteiger partial charge in [-0.05, 0) is 44.0 Å². The van der Waals surface area contributed by atoms with Crippen molar-refractivity contribution in [3.05, 3.63) is 46.5 Å². The SMILES string of the molecule is Cc1cc(OC(C)C(=O)N(CCO)Cc2cncn2C)cc(C)c1Cl. The molecule has 0 aliphatic heterocycles. The zero-order valence-corrected chi connectivity index (χ0v) is 15.7. The summed E-state index contributed by atoms with van der Waals surface area (Å²) >= 11 is 6.17. The molecule has 1 aromatic heterocycles. The average molecular weight is 366 g/mol. The molecule has 0 aliphatic carbocycles. The van der Waals surface area contributed by atoms with Crippen LogP contribution in [0.3, 0.4) is 0 Å². The molecule has 0 aliphatic rings. The molecule has 1 atom stereocenters. The molecular weight excluding hydrogens is 342 g/mol. The van der Waals surface area contributed by atoms with Crippen LogP contribution in [0.2, 0.25) is 5.02 Å². The number of aryl methyl sites for hydroxylation is 3. The van der Waals surface area contributed by atoms with E-state index < -0.39 is 6.10 Å². The van der Waals surface area contributed by atoms with E-state index in [9.17, 15) is 9.90 Å². The Hall–Kier alpha value is -2.05. The van der Waals surface area contributed by atoms with Gasteiger partial charge in [0.2, 0.25) is 0 Å². The van der Waals surface area contributed by atoms with Crippen LogP contribution >= 0.6 is 11.6 Å². The highest BCUT2D eigenvalue weighted by Crippen LogP contribution is 2.26. The summed E-state index contributed by atoms with van der Waals surface area (Å²) in [6, 6.07) is 3.63. The largest absolute Gasteiger partial charge is 0.481 e. The molecule has 25 heavy (non-hydrogen) atoms. The lowest BCUT2D eigenvalue weighted by molar-refractivity contribution is -0.139. The van der Waals surface area contributed by atoms with E-state index >= 15 is 0 Å². The highest BCUT2D eigenvalue weighted by molar-refractivity contribution is 6.32. The van der Waals surface area contributed by atoms with Gasteiger partial charge in [0.25, 0.3) is 5.91 Å². The third-order valence-corrected chi connectivity index (χ3v) is 4.62. The van der Waals surface area contributed by atoms with Crippen molar-refractivity contribution in [2.45, 2.75) is 33.4 Å². The van der Waals surface area contributed by atoms with Gasteiger partial charge in [-0.25, -0.2) is 4.98 Å². The molecule has 1 amide bonds. The number of amides is 1. The lowest BCUT2D eigenvalue weighted by Gasteiger charge is -2.25. The maximum atomic E-state index is 12.7. The number of benzene rings is 1. The molecule has 7 heteroatoms. The topological polar surface area (TPSA) is 67.6 Å². The van der Waals surface area contributed by atoms with Gasteiger partial charge in [0, 0.05) is 24.8 Å². The molecule has 1 N–H and O–H groups in total. The van der Waals surface area contributed by atoms with Crippen LogP contribution in [0.4, 0.5) is 0 Å². The van der Waals surface area contributed by atoms with Crippen molar-refractivity contribution in [2.24, 2.45) is 7.05 Å². The second-order valence-electron chi connectivity index (χ2n) is 6.11. The van der Waals surface area contributed by atoms with Crippen molar-refractivity contribution in [1.29, 1.82) is 0 Å². The Bertz CT molecular complexity index is 722. The normalized spacial score (nSPS) is 12.1. The fourth-order valence-electron chi connectivity index (χ4n) is 2.61. The fourth-order valence-corrected chi connectivity index (χ4v) is 2.72. The molecule has 1 aromatic carbocycles. The van der Waals surface area contributed by atoms with E-state index in [1.54, 1.807) is 24.3 Å². The quantitative estimate of drug-likeness (QED) is 0.818. The number of rotatable bonds is 7. The molecule has 136 valence electrons. The first-order valence-electron chi connectivity index (χ1n) is 8.11. The van der Waals surface area contributed by atoms with Gasteiger partial charge in [0.05, 0.1) is 25.2 Å². The van der Waals surface area contributed by atoms with Crippen LogP contribution in [0.1, 0.15) is 23.7 Å². The van der Waals surface area contributed by atoms with Crippen LogP contribution in [-0.4, -0.2) is 44.7 Å². The van der Waals surface area contributed by atoms with Crippen molar-refractivity contribution in [1.82, 2.24) is 14.5 Å². The van der Waals surface area contributed by atoms with Gasteiger partial charge < -0.3 is 19.3 Å². The fraction of sp³-hybridized carbons (Fsp3) is 0.444. The van der Waals surface area contributed by atoms with Crippen LogP contribution in [0, 0.1) is 13.8 Å². The van der Waals surface area contributed by atoms with Crippen molar-refractivity contribution >= 4 is 17.5 Å². The Kier molecular flexibility index (Phi) is 6.45. The average Bonchev–Trinajstić information content (AvgIpc) is 2.96. The first-order valence-corrected chi connectivity index (χ1v) is 8.49. The number of hydrogen-bond acceptors (Lipinski definition) is 4. The first-order chi connectivity index (χ1) is 11.8. The van der Waals surface area contributed by atoms with Crippen molar-refractivity contribution in [3.8, 4) is 5.75 Å². The summed E-state index contributed by atoms with van der Waals surface area (Å²) in [6.45, 7) is 5.98. The summed E-state index contributed by atoms with van der Waals surface area (Å²) in [4.78, 5) is 18.4. The number of aliphatic hydroxyl groups excluding tert-OH is 1. The zero-order valence-electron chi connectivity index (χ0n) is 15.0. The number of hydrogen-bond donors (Lipinski definition) is 1. The minimum absolute atomic E-state index is 0.116.